The van der Waals surface area contributed by atoms with E-state index in [1.165, 1.54) is 38.8 Å². The minimum atomic E-state index is -0.227. The lowest BCUT2D eigenvalue weighted by Crippen LogP contribution is -2.30. The second-order valence-electron chi connectivity index (χ2n) is 17.9. The van der Waals surface area contributed by atoms with Crippen LogP contribution in [-0.2, 0) is 5.41 Å². The molecule has 0 radical (unpaired) electrons. The van der Waals surface area contributed by atoms with Crippen molar-refractivity contribution in [2.45, 2.75) is 19.3 Å². The van der Waals surface area contributed by atoms with E-state index >= 15 is 0 Å². The number of para-hydroxylation sites is 2. The molecule has 0 unspecified atom stereocenters. The van der Waals surface area contributed by atoms with Gasteiger partial charge in [-0.3, -0.25) is 0 Å². The molecule has 0 N–H and O–H groups in total. The molecule has 13 rings (SSSR count). The maximum Gasteiger partial charge on any atom is 0.164 e. The lowest BCUT2D eigenvalue weighted by atomic mass is 9.73. The Balaban J connectivity index is 1.00. The van der Waals surface area contributed by atoms with Gasteiger partial charge < -0.3 is 9.47 Å². The molecule has 0 aliphatic carbocycles. The van der Waals surface area contributed by atoms with Crippen LogP contribution in [0.25, 0.3) is 93.6 Å². The Bertz CT molecular complexity index is 3820. The molecule has 1 aliphatic heterocycles. The Hall–Kier alpha value is -8.52. The predicted octanol–water partition coefficient (Wildman–Crippen LogP) is 16.0. The van der Waals surface area contributed by atoms with Gasteiger partial charge in [-0.2, -0.15) is 0 Å². The van der Waals surface area contributed by atoms with Crippen LogP contribution in [0.2, 0.25) is 0 Å². The highest BCUT2D eigenvalue weighted by Gasteiger charge is 2.37. The fraction of sp³-hybridized carbons (Fsp3) is 0.0492. The van der Waals surface area contributed by atoms with Crippen molar-refractivity contribution >= 4 is 60.4 Å². The van der Waals surface area contributed by atoms with E-state index in [9.17, 15) is 0 Å². The van der Waals surface area contributed by atoms with Crippen LogP contribution in [0, 0.1) is 0 Å². The van der Waals surface area contributed by atoms with Crippen LogP contribution < -0.4 is 4.90 Å². The molecule has 0 fully saturated rings. The standard InChI is InChI=1S/C61H42N6S/c1-61(2)49-28-15-16-29-53(49)66(45-25-13-6-14-26-45)54-35-31-43(38-50(54)61)42-30-34-52-48(37-42)47-32-33-51-56(68-60(62-51)41-22-11-5-12-23-41)55(47)67(52)46-27-17-24-44(36-46)59-64-57(39-18-7-3-8-19-39)63-58(65-59)40-20-9-4-10-21-40/h3-38H,1-2H3. The van der Waals surface area contributed by atoms with Gasteiger partial charge in [-0.1, -0.05) is 166 Å². The van der Waals surface area contributed by atoms with Crippen molar-refractivity contribution in [3.63, 3.8) is 0 Å². The van der Waals surface area contributed by atoms with Crippen molar-refractivity contribution < 1.29 is 0 Å². The van der Waals surface area contributed by atoms with Crippen LogP contribution in [-0.4, -0.2) is 24.5 Å². The van der Waals surface area contributed by atoms with Crippen LogP contribution >= 0.6 is 11.3 Å². The molecule has 0 saturated carbocycles. The molecular formula is C61H42N6S. The van der Waals surface area contributed by atoms with Gasteiger partial charge in [-0.05, 0) is 89.0 Å². The summed E-state index contributed by atoms with van der Waals surface area (Å²) < 4.78 is 3.55. The molecule has 0 amide bonds. The molecule has 322 valence electrons. The van der Waals surface area contributed by atoms with Gasteiger partial charge in [0.25, 0.3) is 0 Å². The maximum atomic E-state index is 5.22. The Morgan fingerprint density at radius 2 is 0.956 bits per heavy atom. The average Bonchev–Trinajstić information content (AvgIpc) is 3.99. The molecule has 6 nitrogen and oxygen atoms in total. The third-order valence-corrected chi connectivity index (χ3v) is 14.6. The summed E-state index contributed by atoms with van der Waals surface area (Å²) in [6, 6.07) is 77.3. The molecule has 3 aromatic heterocycles. The highest BCUT2D eigenvalue weighted by atomic mass is 32.1. The van der Waals surface area contributed by atoms with Gasteiger partial charge in [0.1, 0.15) is 5.01 Å². The summed E-state index contributed by atoms with van der Waals surface area (Å²) in [7, 11) is 0. The quantitative estimate of drug-likeness (QED) is 0.160. The first-order valence-corrected chi connectivity index (χ1v) is 23.8. The number of hydrogen-bond acceptors (Lipinski definition) is 6. The lowest BCUT2D eigenvalue weighted by Gasteiger charge is -2.42. The van der Waals surface area contributed by atoms with Gasteiger partial charge in [0.2, 0.25) is 0 Å². The SMILES string of the molecule is CC1(C)c2ccccc2N(c2ccccc2)c2ccc(-c3ccc4c(c3)c3ccc5nc(-c6ccccc6)sc5c3n4-c3cccc(-c4nc(-c5ccccc5)nc(-c5ccccc5)n4)c3)cc21. The normalized spacial score (nSPS) is 12.9. The monoisotopic (exact) mass is 890 g/mol. The Morgan fingerprint density at radius 1 is 0.397 bits per heavy atom. The van der Waals surface area contributed by atoms with Gasteiger partial charge in [-0.25, -0.2) is 19.9 Å². The number of rotatable bonds is 7. The number of benzene rings is 9. The van der Waals surface area contributed by atoms with Crippen LogP contribution in [0.3, 0.4) is 0 Å². The molecule has 0 bridgehead atoms. The van der Waals surface area contributed by atoms with Crippen LogP contribution in [0.4, 0.5) is 17.1 Å². The number of aromatic nitrogens is 5. The third-order valence-electron chi connectivity index (χ3n) is 13.4. The highest BCUT2D eigenvalue weighted by Crippen LogP contribution is 2.53. The first kappa shape index (κ1) is 39.8. The largest absolute Gasteiger partial charge is 0.310 e. The van der Waals surface area contributed by atoms with Gasteiger partial charge in [0.15, 0.2) is 17.5 Å². The average molecular weight is 891 g/mol. The Morgan fingerprint density at radius 3 is 1.66 bits per heavy atom. The summed E-state index contributed by atoms with van der Waals surface area (Å²) in [6.07, 6.45) is 0. The van der Waals surface area contributed by atoms with Crippen molar-refractivity contribution in [1.82, 2.24) is 24.5 Å². The van der Waals surface area contributed by atoms with Crippen molar-refractivity contribution in [1.29, 1.82) is 0 Å². The summed E-state index contributed by atoms with van der Waals surface area (Å²) >= 11 is 1.74. The second kappa shape index (κ2) is 15.8. The van der Waals surface area contributed by atoms with Crippen molar-refractivity contribution in [2.24, 2.45) is 0 Å². The van der Waals surface area contributed by atoms with Crippen molar-refractivity contribution in [3.8, 4) is 61.5 Å². The zero-order valence-corrected chi connectivity index (χ0v) is 38.2. The van der Waals surface area contributed by atoms with E-state index in [0.717, 1.165) is 65.4 Å². The summed E-state index contributed by atoms with van der Waals surface area (Å²) in [5.41, 5.74) is 16.4. The maximum absolute atomic E-state index is 5.22. The van der Waals surface area contributed by atoms with Crippen molar-refractivity contribution in [3.05, 3.63) is 230 Å². The molecule has 0 atom stereocenters. The number of anilines is 3. The lowest BCUT2D eigenvalue weighted by molar-refractivity contribution is 0.632. The number of nitrogens with zero attached hydrogens (tertiary/aromatic N) is 6. The predicted molar refractivity (Wildman–Crippen MR) is 281 cm³/mol. The highest BCUT2D eigenvalue weighted by molar-refractivity contribution is 7.22. The summed E-state index contributed by atoms with van der Waals surface area (Å²) in [6.45, 7) is 4.71. The van der Waals surface area contributed by atoms with Gasteiger partial charge >= 0.3 is 0 Å². The molecule has 7 heteroatoms. The molecule has 68 heavy (non-hydrogen) atoms. The van der Waals surface area contributed by atoms with Gasteiger partial charge in [-0.15, -0.1) is 11.3 Å². The Kier molecular flexibility index (Phi) is 9.27. The van der Waals surface area contributed by atoms with E-state index in [1.54, 1.807) is 11.3 Å². The van der Waals surface area contributed by atoms with Gasteiger partial charge in [0, 0.05) is 49.8 Å². The van der Waals surface area contributed by atoms with E-state index in [1.807, 2.05) is 60.7 Å². The van der Waals surface area contributed by atoms with E-state index in [0.29, 0.717) is 17.5 Å². The number of thiazole rings is 1. The van der Waals surface area contributed by atoms with E-state index in [2.05, 4.69) is 181 Å². The minimum Gasteiger partial charge on any atom is -0.310 e. The third kappa shape index (κ3) is 6.54. The molecule has 4 heterocycles. The molecule has 9 aromatic carbocycles. The van der Waals surface area contributed by atoms with Crippen molar-refractivity contribution in [2.75, 3.05) is 4.90 Å². The first-order valence-electron chi connectivity index (χ1n) is 23.0. The fourth-order valence-corrected chi connectivity index (χ4v) is 11.2. The minimum absolute atomic E-state index is 0.227. The van der Waals surface area contributed by atoms with Gasteiger partial charge in [0.05, 0.1) is 32.6 Å². The van der Waals surface area contributed by atoms with E-state index < -0.39 is 0 Å². The summed E-state index contributed by atoms with van der Waals surface area (Å²) in [4.78, 5) is 22.8. The first-order chi connectivity index (χ1) is 33.5. The van der Waals surface area contributed by atoms with E-state index in [-0.39, 0.29) is 5.41 Å². The molecule has 0 spiro atoms. The molecule has 0 saturated heterocycles. The summed E-state index contributed by atoms with van der Waals surface area (Å²) in [5, 5.41) is 3.34. The molecule has 12 aromatic rings. The zero-order valence-electron chi connectivity index (χ0n) is 37.4. The fourth-order valence-electron chi connectivity index (χ4n) is 10.1. The zero-order chi connectivity index (χ0) is 45.3. The van der Waals surface area contributed by atoms with Crippen LogP contribution in [0.15, 0.2) is 218 Å². The second-order valence-corrected chi connectivity index (χ2v) is 18.9. The number of fused-ring (bicyclic) bond motifs is 7. The molecule has 1 aliphatic rings. The molecular weight excluding hydrogens is 849 g/mol. The van der Waals surface area contributed by atoms with Crippen LogP contribution in [0.5, 0.6) is 0 Å². The van der Waals surface area contributed by atoms with E-state index in [4.69, 9.17) is 19.9 Å². The topological polar surface area (TPSA) is 59.7 Å². The summed E-state index contributed by atoms with van der Waals surface area (Å²) in [5.74, 6) is 1.87. The van der Waals surface area contributed by atoms with Crippen LogP contribution in [0.1, 0.15) is 25.0 Å². The number of hydrogen-bond donors (Lipinski definition) is 0. The Labute approximate surface area is 398 Å². The smallest absolute Gasteiger partial charge is 0.164 e.